The molecule has 0 aliphatic carbocycles. The van der Waals surface area contributed by atoms with Crippen LogP contribution in [0.2, 0.25) is 0 Å². The molecule has 0 radical (unpaired) electrons. The third kappa shape index (κ3) is 5.79. The molecule has 0 bridgehead atoms. The van der Waals surface area contributed by atoms with E-state index in [1.807, 2.05) is 6.20 Å². The number of aromatic nitrogens is 4. The SMILES string of the molecule is Cc1ccc(-n2c3ccccc3c3ccc(Oc4ccc5c6ccccc6n6c(-c7c(C(C)C)cc(-c8ccc9c(c8)N8C=CN(C)C8C9)cc7C(C)C)cnc6c5c4)cc32)nc1. The lowest BCUT2D eigenvalue weighted by Crippen LogP contribution is -2.33. The van der Waals surface area contributed by atoms with Gasteiger partial charge in [0.2, 0.25) is 0 Å². The van der Waals surface area contributed by atoms with Crippen LogP contribution in [0.5, 0.6) is 11.5 Å². The van der Waals surface area contributed by atoms with E-state index >= 15 is 0 Å². The van der Waals surface area contributed by atoms with E-state index in [1.54, 1.807) is 0 Å². The van der Waals surface area contributed by atoms with E-state index in [0.717, 1.165) is 73.4 Å². The Morgan fingerprint density at radius 1 is 0.603 bits per heavy atom. The van der Waals surface area contributed by atoms with Crippen LogP contribution < -0.4 is 9.64 Å². The number of anilines is 1. The number of ether oxygens (including phenoxy) is 1. The van der Waals surface area contributed by atoms with Crippen LogP contribution >= 0.6 is 0 Å². The van der Waals surface area contributed by atoms with E-state index in [0.29, 0.717) is 6.17 Å². The molecule has 0 saturated carbocycles. The van der Waals surface area contributed by atoms with Crippen LogP contribution in [0, 0.1) is 6.92 Å². The molecule has 0 amide bonds. The van der Waals surface area contributed by atoms with Crippen molar-refractivity contribution < 1.29 is 4.74 Å². The summed E-state index contributed by atoms with van der Waals surface area (Å²) in [6.45, 7) is 11.3. The summed E-state index contributed by atoms with van der Waals surface area (Å²) in [5.41, 5.74) is 15.6. The summed E-state index contributed by atoms with van der Waals surface area (Å²) in [6, 6.07) is 46.2. The molecule has 0 spiro atoms. The number of para-hydroxylation sites is 2. The van der Waals surface area contributed by atoms with Crippen molar-refractivity contribution in [1.29, 1.82) is 0 Å². The van der Waals surface area contributed by atoms with Gasteiger partial charge in [0.05, 0.1) is 28.4 Å². The molecule has 2 aliphatic heterocycles. The summed E-state index contributed by atoms with van der Waals surface area (Å²) >= 11 is 0. The highest BCUT2D eigenvalue weighted by Crippen LogP contribution is 2.45. The molecule has 6 aromatic carbocycles. The van der Waals surface area contributed by atoms with Gasteiger partial charge in [-0.05, 0) is 112 Å². The Bertz CT molecular complexity index is 3490. The molecule has 308 valence electrons. The number of nitrogens with zero attached hydrogens (tertiary/aromatic N) is 6. The Balaban J connectivity index is 0.997. The van der Waals surface area contributed by atoms with Crippen molar-refractivity contribution in [3.05, 3.63) is 174 Å². The second-order valence-electron chi connectivity index (χ2n) is 18.1. The fourth-order valence-corrected chi connectivity index (χ4v) is 10.3. The first-order valence-electron chi connectivity index (χ1n) is 22.2. The Morgan fingerprint density at radius 3 is 2.05 bits per heavy atom. The minimum atomic E-state index is 0.279. The number of likely N-dealkylation sites (N-methyl/N-ethyl adjacent to an activating group) is 1. The maximum Gasteiger partial charge on any atom is 0.145 e. The fraction of sp³-hybridized carbons (Fsp3) is 0.179. The quantitative estimate of drug-likeness (QED) is 0.150. The van der Waals surface area contributed by atoms with E-state index in [9.17, 15) is 0 Å². The van der Waals surface area contributed by atoms with Gasteiger partial charge in [0.25, 0.3) is 0 Å². The van der Waals surface area contributed by atoms with Crippen LogP contribution in [0.15, 0.2) is 152 Å². The molecule has 6 heterocycles. The average molecular weight is 821 g/mol. The lowest BCUT2D eigenvalue weighted by molar-refractivity contribution is 0.369. The standard InChI is InChI=1S/C56H48N6O/c1-33(2)45-25-38(36-16-17-37-28-54-59(6)23-24-60(54)50(37)27-36)26-46(34(3)4)55(45)52-32-58-56-47-29-39(18-20-41(47)42-11-7-10-14-49(42)62(52)56)63-40-19-21-44-43-12-8-9-13-48(43)61(51(44)30-40)53-22-15-35(5)31-57-53/h7-27,29-34,54H,28H2,1-6H3. The number of aryl methyl sites for hydroxylation is 1. The van der Waals surface area contributed by atoms with Gasteiger partial charge in [-0.2, -0.15) is 0 Å². The molecule has 12 rings (SSSR count). The molecular weight excluding hydrogens is 773 g/mol. The third-order valence-corrected chi connectivity index (χ3v) is 13.5. The van der Waals surface area contributed by atoms with Crippen molar-refractivity contribution in [2.45, 2.75) is 59.0 Å². The Kier molecular flexibility index (Phi) is 8.35. The van der Waals surface area contributed by atoms with Gasteiger partial charge in [-0.1, -0.05) is 94.4 Å². The first kappa shape index (κ1) is 37.4. The first-order chi connectivity index (χ1) is 30.7. The molecule has 2 aliphatic rings. The summed E-state index contributed by atoms with van der Waals surface area (Å²) in [4.78, 5) is 14.8. The number of imidazole rings is 1. The zero-order valence-corrected chi connectivity index (χ0v) is 36.5. The van der Waals surface area contributed by atoms with Crippen LogP contribution in [0.4, 0.5) is 5.69 Å². The molecule has 1 atom stereocenters. The van der Waals surface area contributed by atoms with Crippen molar-refractivity contribution in [2.24, 2.45) is 0 Å². The molecule has 0 fully saturated rings. The molecule has 0 N–H and O–H groups in total. The zero-order valence-electron chi connectivity index (χ0n) is 36.5. The second-order valence-corrected chi connectivity index (χ2v) is 18.1. The van der Waals surface area contributed by atoms with Gasteiger partial charge in [-0.3, -0.25) is 8.97 Å². The second kappa shape index (κ2) is 14.1. The number of hydrogen-bond donors (Lipinski definition) is 0. The molecule has 7 nitrogen and oxygen atoms in total. The Labute approximate surface area is 367 Å². The third-order valence-electron chi connectivity index (χ3n) is 13.5. The maximum absolute atomic E-state index is 6.79. The number of fused-ring (bicyclic) bond motifs is 12. The van der Waals surface area contributed by atoms with E-state index in [-0.39, 0.29) is 11.8 Å². The van der Waals surface area contributed by atoms with Crippen LogP contribution in [0.1, 0.15) is 61.8 Å². The molecule has 63 heavy (non-hydrogen) atoms. The highest BCUT2D eigenvalue weighted by molar-refractivity contribution is 6.13. The summed E-state index contributed by atoms with van der Waals surface area (Å²) in [7, 11) is 2.17. The zero-order chi connectivity index (χ0) is 42.7. The lowest BCUT2D eigenvalue weighted by Gasteiger charge is -2.24. The Morgan fingerprint density at radius 2 is 1.30 bits per heavy atom. The van der Waals surface area contributed by atoms with Gasteiger partial charge < -0.3 is 14.5 Å². The van der Waals surface area contributed by atoms with Gasteiger partial charge in [0.15, 0.2) is 0 Å². The number of hydrogen-bond acceptors (Lipinski definition) is 5. The highest BCUT2D eigenvalue weighted by atomic mass is 16.5. The van der Waals surface area contributed by atoms with E-state index in [4.69, 9.17) is 14.7 Å². The number of rotatable bonds is 7. The highest BCUT2D eigenvalue weighted by Gasteiger charge is 2.33. The predicted molar refractivity (Wildman–Crippen MR) is 260 cm³/mol. The van der Waals surface area contributed by atoms with Gasteiger partial charge in [0, 0.05) is 70.9 Å². The van der Waals surface area contributed by atoms with Gasteiger partial charge in [0.1, 0.15) is 29.1 Å². The van der Waals surface area contributed by atoms with Gasteiger partial charge >= 0.3 is 0 Å². The average Bonchev–Trinajstić information content (AvgIpc) is 4.08. The minimum absolute atomic E-state index is 0.279. The van der Waals surface area contributed by atoms with E-state index in [2.05, 4.69) is 206 Å². The summed E-state index contributed by atoms with van der Waals surface area (Å²) in [5, 5.41) is 5.70. The smallest absolute Gasteiger partial charge is 0.145 e. The van der Waals surface area contributed by atoms with Crippen molar-refractivity contribution in [3.8, 4) is 39.7 Å². The van der Waals surface area contributed by atoms with Crippen molar-refractivity contribution in [3.63, 3.8) is 0 Å². The maximum atomic E-state index is 6.79. The van der Waals surface area contributed by atoms with Crippen molar-refractivity contribution >= 4 is 54.8 Å². The van der Waals surface area contributed by atoms with Crippen molar-refractivity contribution in [1.82, 2.24) is 23.8 Å². The van der Waals surface area contributed by atoms with Crippen LogP contribution in [0.3, 0.4) is 0 Å². The summed E-state index contributed by atoms with van der Waals surface area (Å²) in [5.74, 6) is 2.95. The molecule has 1 unspecified atom stereocenters. The van der Waals surface area contributed by atoms with Gasteiger partial charge in [-0.15, -0.1) is 0 Å². The summed E-state index contributed by atoms with van der Waals surface area (Å²) in [6.07, 6.45) is 9.83. The Hall–Kier alpha value is -7.38. The molecule has 10 aromatic rings. The van der Waals surface area contributed by atoms with E-state index < -0.39 is 0 Å². The lowest BCUT2D eigenvalue weighted by atomic mass is 9.84. The van der Waals surface area contributed by atoms with Crippen LogP contribution in [0.25, 0.3) is 77.3 Å². The topological polar surface area (TPSA) is 50.8 Å². The van der Waals surface area contributed by atoms with E-state index in [1.165, 1.54) is 49.8 Å². The normalized spacial score (nSPS) is 14.8. The largest absolute Gasteiger partial charge is 0.457 e. The van der Waals surface area contributed by atoms with Crippen molar-refractivity contribution in [2.75, 3.05) is 11.9 Å². The summed E-state index contributed by atoms with van der Waals surface area (Å²) < 4.78 is 11.4. The monoisotopic (exact) mass is 820 g/mol. The fourth-order valence-electron chi connectivity index (χ4n) is 10.3. The van der Waals surface area contributed by atoms with Crippen LogP contribution in [-0.4, -0.2) is 37.0 Å². The predicted octanol–water partition coefficient (Wildman–Crippen LogP) is 13.9. The molecule has 0 saturated heterocycles. The molecular formula is C56H48N6O. The number of benzene rings is 6. The first-order valence-corrected chi connectivity index (χ1v) is 22.2. The molecule has 7 heteroatoms. The number of pyridine rings is 2. The van der Waals surface area contributed by atoms with Crippen LogP contribution in [-0.2, 0) is 6.42 Å². The minimum Gasteiger partial charge on any atom is -0.457 e. The molecule has 4 aromatic heterocycles. The van der Waals surface area contributed by atoms with Gasteiger partial charge in [-0.25, -0.2) is 9.97 Å².